The number of anilines is 1. The molecule has 1 aliphatic heterocycles. The summed E-state index contributed by atoms with van der Waals surface area (Å²) in [5.41, 5.74) is 1.26. The quantitative estimate of drug-likeness (QED) is 0.707. The van der Waals surface area contributed by atoms with E-state index in [0.717, 1.165) is 16.9 Å². The van der Waals surface area contributed by atoms with Crippen LogP contribution in [0.5, 0.6) is 11.5 Å². The molecule has 2 heterocycles. The Hall–Kier alpha value is -2.58. The molecule has 8 heteroatoms. The van der Waals surface area contributed by atoms with Crippen molar-refractivity contribution in [3.05, 3.63) is 29.1 Å². The lowest BCUT2D eigenvalue weighted by Gasteiger charge is -2.10. The largest absolute Gasteiger partial charge is 0.493 e. The van der Waals surface area contributed by atoms with E-state index >= 15 is 0 Å². The average molecular weight is 405 g/mol. The molecule has 28 heavy (non-hydrogen) atoms. The summed E-state index contributed by atoms with van der Waals surface area (Å²) < 4.78 is 21.2. The van der Waals surface area contributed by atoms with Crippen molar-refractivity contribution in [1.29, 1.82) is 0 Å². The van der Waals surface area contributed by atoms with Gasteiger partial charge < -0.3 is 24.3 Å². The SMILES string of the molecule is CCOC(=O)c1sc(-c2ccc(OC)c(OC)c2)cc1NC(=O)C1CCCO1. The molecule has 0 radical (unpaired) electrons. The predicted octanol–water partition coefficient (Wildman–Crippen LogP) is 3.73. The molecule has 1 fully saturated rings. The number of carbonyl (C=O) groups excluding carboxylic acids is 2. The van der Waals surface area contributed by atoms with Crippen LogP contribution in [0.1, 0.15) is 29.4 Å². The number of carbonyl (C=O) groups is 2. The predicted molar refractivity (Wildman–Crippen MR) is 106 cm³/mol. The highest BCUT2D eigenvalue weighted by Crippen LogP contribution is 2.39. The number of esters is 1. The van der Waals surface area contributed by atoms with Crippen molar-refractivity contribution in [1.82, 2.24) is 0 Å². The molecule has 1 N–H and O–H groups in total. The summed E-state index contributed by atoms with van der Waals surface area (Å²) in [5, 5.41) is 2.82. The van der Waals surface area contributed by atoms with Crippen molar-refractivity contribution in [3.8, 4) is 21.9 Å². The van der Waals surface area contributed by atoms with E-state index < -0.39 is 12.1 Å². The van der Waals surface area contributed by atoms with Gasteiger partial charge in [-0.3, -0.25) is 4.79 Å². The minimum atomic E-state index is -0.487. The van der Waals surface area contributed by atoms with E-state index in [1.54, 1.807) is 33.3 Å². The number of thiophene rings is 1. The molecule has 1 atom stereocenters. The Bertz CT molecular complexity index is 856. The Morgan fingerprint density at radius 2 is 2.00 bits per heavy atom. The smallest absolute Gasteiger partial charge is 0.350 e. The number of benzene rings is 1. The second-order valence-corrected chi connectivity index (χ2v) is 7.19. The molecule has 3 rings (SSSR count). The molecule has 150 valence electrons. The Labute approximate surface area is 167 Å². The number of ether oxygens (including phenoxy) is 4. The van der Waals surface area contributed by atoms with Gasteiger partial charge in [0, 0.05) is 11.5 Å². The van der Waals surface area contributed by atoms with Gasteiger partial charge in [-0.1, -0.05) is 0 Å². The van der Waals surface area contributed by atoms with Crippen molar-refractivity contribution in [2.75, 3.05) is 32.8 Å². The van der Waals surface area contributed by atoms with Gasteiger partial charge >= 0.3 is 5.97 Å². The summed E-state index contributed by atoms with van der Waals surface area (Å²) in [6, 6.07) is 7.26. The van der Waals surface area contributed by atoms with E-state index in [1.807, 2.05) is 12.1 Å². The minimum Gasteiger partial charge on any atom is -0.493 e. The first-order chi connectivity index (χ1) is 13.6. The second kappa shape index (κ2) is 9.07. The Morgan fingerprint density at radius 3 is 2.64 bits per heavy atom. The van der Waals surface area contributed by atoms with E-state index in [4.69, 9.17) is 18.9 Å². The number of rotatable bonds is 7. The number of methoxy groups -OCH3 is 2. The van der Waals surface area contributed by atoms with E-state index in [-0.39, 0.29) is 12.5 Å². The molecule has 1 aliphatic rings. The highest BCUT2D eigenvalue weighted by atomic mass is 32.1. The first-order valence-corrected chi connectivity index (χ1v) is 9.84. The van der Waals surface area contributed by atoms with Crippen molar-refractivity contribution in [2.24, 2.45) is 0 Å². The van der Waals surface area contributed by atoms with E-state index in [2.05, 4.69) is 5.32 Å². The highest BCUT2D eigenvalue weighted by Gasteiger charge is 2.27. The van der Waals surface area contributed by atoms with Crippen LogP contribution in [0.15, 0.2) is 24.3 Å². The maximum atomic E-state index is 12.5. The van der Waals surface area contributed by atoms with Crippen molar-refractivity contribution in [3.63, 3.8) is 0 Å². The molecule has 1 unspecified atom stereocenters. The van der Waals surface area contributed by atoms with Crippen LogP contribution < -0.4 is 14.8 Å². The maximum absolute atomic E-state index is 12.5. The van der Waals surface area contributed by atoms with Gasteiger partial charge in [-0.25, -0.2) is 4.79 Å². The van der Waals surface area contributed by atoms with Gasteiger partial charge in [-0.05, 0) is 49.6 Å². The summed E-state index contributed by atoms with van der Waals surface area (Å²) in [6.45, 7) is 2.57. The third-order valence-corrected chi connectivity index (χ3v) is 5.51. The van der Waals surface area contributed by atoms with Gasteiger partial charge in [-0.15, -0.1) is 11.3 Å². The van der Waals surface area contributed by atoms with E-state index in [1.165, 1.54) is 11.3 Å². The Kier molecular flexibility index (Phi) is 6.53. The first-order valence-electron chi connectivity index (χ1n) is 9.03. The molecule has 7 nitrogen and oxygen atoms in total. The van der Waals surface area contributed by atoms with Gasteiger partial charge in [0.15, 0.2) is 11.5 Å². The van der Waals surface area contributed by atoms with Gasteiger partial charge in [-0.2, -0.15) is 0 Å². The third kappa shape index (κ3) is 4.28. The standard InChI is InChI=1S/C20H23NO6S/c1-4-26-20(23)18-13(21-19(22)15-6-5-9-27-15)11-17(28-18)12-7-8-14(24-2)16(10-12)25-3/h7-8,10-11,15H,4-6,9H2,1-3H3,(H,21,22). The van der Waals surface area contributed by atoms with Gasteiger partial charge in [0.05, 0.1) is 26.5 Å². The molecular weight excluding hydrogens is 382 g/mol. The maximum Gasteiger partial charge on any atom is 0.350 e. The molecule has 1 amide bonds. The number of hydrogen-bond donors (Lipinski definition) is 1. The normalized spacial score (nSPS) is 15.9. The van der Waals surface area contributed by atoms with Gasteiger partial charge in [0.25, 0.3) is 5.91 Å². The van der Waals surface area contributed by atoms with Crippen LogP contribution in [-0.2, 0) is 14.3 Å². The fourth-order valence-electron chi connectivity index (χ4n) is 2.96. The minimum absolute atomic E-state index is 0.250. The number of nitrogens with one attached hydrogen (secondary N) is 1. The Morgan fingerprint density at radius 1 is 1.21 bits per heavy atom. The monoisotopic (exact) mass is 405 g/mol. The lowest BCUT2D eigenvalue weighted by atomic mass is 10.1. The average Bonchev–Trinajstić information content (AvgIpc) is 3.38. The zero-order chi connectivity index (χ0) is 20.1. The zero-order valence-corrected chi connectivity index (χ0v) is 16.9. The summed E-state index contributed by atoms with van der Waals surface area (Å²) in [4.78, 5) is 26.0. The summed E-state index contributed by atoms with van der Waals surface area (Å²) in [6.07, 6.45) is 1.04. The van der Waals surface area contributed by atoms with E-state index in [0.29, 0.717) is 35.1 Å². The van der Waals surface area contributed by atoms with Crippen LogP contribution in [0.4, 0.5) is 5.69 Å². The lowest BCUT2D eigenvalue weighted by Crippen LogP contribution is -2.27. The summed E-state index contributed by atoms with van der Waals surface area (Å²) >= 11 is 1.25. The number of hydrogen-bond acceptors (Lipinski definition) is 7. The molecule has 0 saturated carbocycles. The van der Waals surface area contributed by atoms with Crippen LogP contribution in [0.25, 0.3) is 10.4 Å². The van der Waals surface area contributed by atoms with Crippen molar-refractivity contribution in [2.45, 2.75) is 25.9 Å². The van der Waals surface area contributed by atoms with Crippen molar-refractivity contribution < 1.29 is 28.5 Å². The van der Waals surface area contributed by atoms with Crippen LogP contribution in [-0.4, -0.2) is 45.4 Å². The Balaban J connectivity index is 1.94. The summed E-state index contributed by atoms with van der Waals surface area (Å²) in [5.74, 6) is 0.470. The fraction of sp³-hybridized carbons (Fsp3) is 0.400. The molecular formula is C20H23NO6S. The van der Waals surface area contributed by atoms with Gasteiger partial charge in [0.2, 0.25) is 0 Å². The zero-order valence-electron chi connectivity index (χ0n) is 16.1. The van der Waals surface area contributed by atoms with Crippen molar-refractivity contribution >= 4 is 28.9 Å². The molecule has 2 aromatic rings. The topological polar surface area (TPSA) is 83.1 Å². The summed E-state index contributed by atoms with van der Waals surface area (Å²) in [7, 11) is 3.13. The van der Waals surface area contributed by atoms with Crippen LogP contribution in [0.3, 0.4) is 0 Å². The van der Waals surface area contributed by atoms with Crippen LogP contribution in [0, 0.1) is 0 Å². The van der Waals surface area contributed by atoms with E-state index in [9.17, 15) is 9.59 Å². The molecule has 0 bridgehead atoms. The van der Waals surface area contributed by atoms with Gasteiger partial charge in [0.1, 0.15) is 11.0 Å². The van der Waals surface area contributed by atoms with Crippen LogP contribution >= 0.6 is 11.3 Å². The lowest BCUT2D eigenvalue weighted by molar-refractivity contribution is -0.124. The third-order valence-electron chi connectivity index (χ3n) is 4.34. The molecule has 1 aromatic carbocycles. The molecule has 1 aromatic heterocycles. The highest BCUT2D eigenvalue weighted by molar-refractivity contribution is 7.18. The fourth-order valence-corrected chi connectivity index (χ4v) is 3.97. The number of amides is 1. The van der Waals surface area contributed by atoms with Crippen LogP contribution in [0.2, 0.25) is 0 Å². The first kappa shape index (κ1) is 20.2. The second-order valence-electron chi connectivity index (χ2n) is 6.13. The molecule has 1 saturated heterocycles. The molecule has 0 spiro atoms. The molecule has 0 aliphatic carbocycles.